The van der Waals surface area contributed by atoms with Crippen molar-refractivity contribution in [3.63, 3.8) is 0 Å². The molecule has 0 aliphatic carbocycles. The van der Waals surface area contributed by atoms with Crippen LogP contribution in [0.1, 0.15) is 5.56 Å². The van der Waals surface area contributed by atoms with Crippen LogP contribution in [0.4, 0.5) is 22.0 Å². The minimum absolute atomic E-state index is 0.415. The van der Waals surface area contributed by atoms with Crippen molar-refractivity contribution in [2.45, 2.75) is 0 Å². The van der Waals surface area contributed by atoms with E-state index < -0.39 is 40.6 Å². The largest absolute Gasteiger partial charge is 0.366 e. The van der Waals surface area contributed by atoms with Gasteiger partial charge in [-0.25, -0.2) is 22.0 Å². The number of nitrogens with two attached hydrogens (primary N) is 1. The van der Waals surface area contributed by atoms with Gasteiger partial charge < -0.3 is 5.73 Å². The molecule has 0 atom stereocenters. The first kappa shape index (κ1) is 12.2. The molecule has 0 spiro atoms. The Morgan fingerprint density at radius 2 is 1.25 bits per heavy atom. The zero-order chi connectivity index (χ0) is 12.5. The fraction of sp³-hybridized carbons (Fsp3) is 0. The van der Waals surface area contributed by atoms with Crippen LogP contribution in [0.2, 0.25) is 0 Å². The van der Waals surface area contributed by atoms with Gasteiger partial charge in [-0.15, -0.1) is 0 Å². The van der Waals surface area contributed by atoms with Gasteiger partial charge in [0.25, 0.3) is 0 Å². The summed E-state index contributed by atoms with van der Waals surface area (Å²) in [5.74, 6) is -11.5. The van der Waals surface area contributed by atoms with Crippen molar-refractivity contribution >= 4 is 12.0 Å². The molecule has 0 aliphatic rings. The second-order valence-electron chi connectivity index (χ2n) is 2.72. The van der Waals surface area contributed by atoms with Crippen LogP contribution in [0.15, 0.2) is 6.08 Å². The van der Waals surface area contributed by atoms with Gasteiger partial charge in [0.1, 0.15) is 0 Å². The van der Waals surface area contributed by atoms with E-state index in [0.717, 1.165) is 0 Å². The average Bonchev–Trinajstić information content (AvgIpc) is 2.23. The summed E-state index contributed by atoms with van der Waals surface area (Å²) >= 11 is 0. The lowest BCUT2D eigenvalue weighted by atomic mass is 10.1. The molecule has 0 aromatic heterocycles. The number of halogens is 5. The van der Waals surface area contributed by atoms with Crippen LogP contribution in [0.3, 0.4) is 0 Å². The quantitative estimate of drug-likeness (QED) is 0.363. The Bertz CT molecular complexity index is 454. The molecule has 1 rings (SSSR count). The molecule has 0 fully saturated rings. The molecule has 0 saturated carbocycles. The van der Waals surface area contributed by atoms with Gasteiger partial charge in [-0.2, -0.15) is 0 Å². The highest BCUT2D eigenvalue weighted by molar-refractivity contribution is 5.90. The SMILES string of the molecule is NC(=O)/C=C\c1c(F)c(F)c(F)c(F)c1F. The molecule has 0 radical (unpaired) electrons. The molecule has 7 heteroatoms. The molecule has 0 bridgehead atoms. The summed E-state index contributed by atoms with van der Waals surface area (Å²) in [5.41, 5.74) is 3.40. The molecule has 16 heavy (non-hydrogen) atoms. The van der Waals surface area contributed by atoms with Gasteiger partial charge in [0.15, 0.2) is 23.3 Å². The third kappa shape index (κ3) is 2.02. The van der Waals surface area contributed by atoms with Crippen LogP contribution in [0.25, 0.3) is 6.08 Å². The first-order valence-electron chi connectivity index (χ1n) is 3.85. The van der Waals surface area contributed by atoms with Crippen molar-refractivity contribution in [2.75, 3.05) is 0 Å². The third-order valence-corrected chi connectivity index (χ3v) is 1.66. The highest BCUT2D eigenvalue weighted by Crippen LogP contribution is 2.23. The Kier molecular flexibility index (Phi) is 3.26. The summed E-state index contributed by atoms with van der Waals surface area (Å²) in [5, 5.41) is 0. The zero-order valence-corrected chi connectivity index (χ0v) is 7.53. The molecular formula is C9H4F5NO. The Morgan fingerprint density at radius 1 is 0.875 bits per heavy atom. The molecule has 86 valence electrons. The predicted molar refractivity (Wildman–Crippen MR) is 44.5 cm³/mol. The number of primary amides is 1. The maximum atomic E-state index is 12.9. The van der Waals surface area contributed by atoms with Crippen LogP contribution in [-0.2, 0) is 4.79 Å². The highest BCUT2D eigenvalue weighted by atomic mass is 19.2. The Morgan fingerprint density at radius 3 is 1.62 bits per heavy atom. The van der Waals surface area contributed by atoms with E-state index in [1.54, 1.807) is 0 Å². The van der Waals surface area contributed by atoms with Crippen LogP contribution in [-0.4, -0.2) is 5.91 Å². The smallest absolute Gasteiger partial charge is 0.241 e. The Balaban J connectivity index is 3.45. The number of carbonyl (C=O) groups is 1. The van der Waals surface area contributed by atoms with E-state index in [0.29, 0.717) is 12.2 Å². The minimum atomic E-state index is -2.26. The predicted octanol–water partition coefficient (Wildman–Crippen LogP) is 1.88. The van der Waals surface area contributed by atoms with Crippen molar-refractivity contribution in [3.05, 3.63) is 40.7 Å². The van der Waals surface area contributed by atoms with Crippen molar-refractivity contribution in [1.82, 2.24) is 0 Å². The first-order chi connectivity index (χ1) is 7.36. The van der Waals surface area contributed by atoms with Gasteiger partial charge in [-0.3, -0.25) is 4.79 Å². The first-order valence-corrected chi connectivity index (χ1v) is 3.85. The molecule has 0 saturated heterocycles. The number of benzene rings is 1. The topological polar surface area (TPSA) is 43.1 Å². The van der Waals surface area contributed by atoms with Crippen LogP contribution >= 0.6 is 0 Å². The number of hydrogen-bond donors (Lipinski definition) is 1. The Labute approximate surface area is 86.2 Å². The molecule has 2 nitrogen and oxygen atoms in total. The number of amides is 1. The third-order valence-electron chi connectivity index (χ3n) is 1.66. The Hall–Kier alpha value is -1.92. The van der Waals surface area contributed by atoms with E-state index in [1.165, 1.54) is 0 Å². The lowest BCUT2D eigenvalue weighted by molar-refractivity contribution is -0.113. The second kappa shape index (κ2) is 4.30. The lowest BCUT2D eigenvalue weighted by Crippen LogP contribution is -2.07. The maximum absolute atomic E-state index is 12.9. The zero-order valence-electron chi connectivity index (χ0n) is 7.53. The summed E-state index contributed by atoms with van der Waals surface area (Å²) in [6.07, 6.45) is 0.900. The van der Waals surface area contributed by atoms with E-state index in [9.17, 15) is 26.7 Å². The van der Waals surface area contributed by atoms with Crippen LogP contribution in [0, 0.1) is 29.1 Å². The fourth-order valence-corrected chi connectivity index (χ4v) is 0.934. The van der Waals surface area contributed by atoms with E-state index in [1.807, 2.05) is 0 Å². The standard InChI is InChI=1S/C9H4F5NO/c10-5-3(1-2-4(15)16)6(11)8(13)9(14)7(5)12/h1-2H,(H2,15,16)/b2-1-. The summed E-state index contributed by atoms with van der Waals surface area (Å²) in [7, 11) is 0. The van der Waals surface area contributed by atoms with E-state index >= 15 is 0 Å². The van der Waals surface area contributed by atoms with Crippen molar-refractivity contribution in [1.29, 1.82) is 0 Å². The number of rotatable bonds is 2. The normalized spacial score (nSPS) is 11.1. The van der Waals surface area contributed by atoms with Crippen LogP contribution in [0.5, 0.6) is 0 Å². The number of carbonyl (C=O) groups excluding carboxylic acids is 1. The summed E-state index contributed by atoms with van der Waals surface area (Å²) in [4.78, 5) is 10.3. The average molecular weight is 237 g/mol. The van der Waals surface area contributed by atoms with Crippen molar-refractivity contribution in [3.8, 4) is 0 Å². The van der Waals surface area contributed by atoms with Gasteiger partial charge in [0.05, 0.1) is 5.56 Å². The van der Waals surface area contributed by atoms with E-state index in [2.05, 4.69) is 5.73 Å². The minimum Gasteiger partial charge on any atom is -0.366 e. The highest BCUT2D eigenvalue weighted by Gasteiger charge is 2.24. The van der Waals surface area contributed by atoms with Crippen LogP contribution < -0.4 is 5.73 Å². The number of hydrogen-bond acceptors (Lipinski definition) is 1. The van der Waals surface area contributed by atoms with Gasteiger partial charge in [-0.1, -0.05) is 0 Å². The van der Waals surface area contributed by atoms with Gasteiger partial charge in [-0.05, 0) is 6.08 Å². The summed E-state index contributed by atoms with van der Waals surface area (Å²) in [6, 6.07) is 0. The molecular weight excluding hydrogens is 233 g/mol. The lowest BCUT2D eigenvalue weighted by Gasteiger charge is -2.03. The second-order valence-corrected chi connectivity index (χ2v) is 2.72. The van der Waals surface area contributed by atoms with Gasteiger partial charge >= 0.3 is 0 Å². The van der Waals surface area contributed by atoms with Crippen molar-refractivity contribution < 1.29 is 26.7 Å². The van der Waals surface area contributed by atoms with E-state index in [4.69, 9.17) is 0 Å². The molecule has 1 aromatic carbocycles. The summed E-state index contributed by atoms with van der Waals surface area (Å²) < 4.78 is 63.6. The van der Waals surface area contributed by atoms with E-state index in [-0.39, 0.29) is 0 Å². The molecule has 0 unspecified atom stereocenters. The fourth-order valence-electron chi connectivity index (χ4n) is 0.934. The monoisotopic (exact) mass is 237 g/mol. The van der Waals surface area contributed by atoms with Crippen molar-refractivity contribution in [2.24, 2.45) is 5.73 Å². The maximum Gasteiger partial charge on any atom is 0.241 e. The molecule has 1 amide bonds. The van der Waals surface area contributed by atoms with Gasteiger partial charge in [0, 0.05) is 6.08 Å². The van der Waals surface area contributed by atoms with Gasteiger partial charge in [0.2, 0.25) is 11.7 Å². The molecule has 1 aromatic rings. The summed E-state index contributed by atoms with van der Waals surface area (Å²) in [6.45, 7) is 0. The molecule has 2 N–H and O–H groups in total. The molecule has 0 aliphatic heterocycles. The molecule has 0 heterocycles.